The molecule has 0 aliphatic rings. The van der Waals surface area contributed by atoms with Crippen LogP contribution in [0.2, 0.25) is 0 Å². The molecule has 14 heavy (non-hydrogen) atoms. The van der Waals surface area contributed by atoms with Crippen molar-refractivity contribution in [1.82, 2.24) is 0 Å². The third-order valence-electron chi connectivity index (χ3n) is 2.33. The molecule has 0 unspecified atom stereocenters. The molecular formula is C11H13NO2. The number of aryl methyl sites for hydroxylation is 1. The monoisotopic (exact) mass is 191 g/mol. The van der Waals surface area contributed by atoms with E-state index >= 15 is 0 Å². The average molecular weight is 191 g/mol. The molecule has 0 aliphatic carbocycles. The van der Waals surface area contributed by atoms with Crippen molar-refractivity contribution >= 4 is 16.7 Å². The summed E-state index contributed by atoms with van der Waals surface area (Å²) in [5.41, 5.74) is 7.47. The van der Waals surface area contributed by atoms with E-state index in [4.69, 9.17) is 14.9 Å². The fourth-order valence-corrected chi connectivity index (χ4v) is 1.54. The number of fused-ring (bicyclic) bond motifs is 1. The number of hydrogen-bond donors (Lipinski definition) is 1. The van der Waals surface area contributed by atoms with Gasteiger partial charge in [-0.25, -0.2) is 0 Å². The van der Waals surface area contributed by atoms with Gasteiger partial charge in [0, 0.05) is 11.8 Å². The zero-order valence-electron chi connectivity index (χ0n) is 8.33. The summed E-state index contributed by atoms with van der Waals surface area (Å²) in [6.45, 7) is 2.02. The highest BCUT2D eigenvalue weighted by Gasteiger charge is 2.09. The lowest BCUT2D eigenvalue weighted by Crippen LogP contribution is -1.87. The van der Waals surface area contributed by atoms with E-state index in [2.05, 4.69) is 0 Å². The van der Waals surface area contributed by atoms with Crippen LogP contribution < -0.4 is 10.5 Å². The molecular weight excluding hydrogens is 178 g/mol. The molecule has 2 aromatic rings. The summed E-state index contributed by atoms with van der Waals surface area (Å²) >= 11 is 0. The molecule has 0 saturated carbocycles. The van der Waals surface area contributed by atoms with Gasteiger partial charge in [0.2, 0.25) is 0 Å². The van der Waals surface area contributed by atoms with Gasteiger partial charge in [-0.1, -0.05) is 6.92 Å². The van der Waals surface area contributed by atoms with Crippen molar-refractivity contribution in [2.75, 3.05) is 12.8 Å². The Kier molecular flexibility index (Phi) is 2.08. The second-order valence-corrected chi connectivity index (χ2v) is 3.15. The fourth-order valence-electron chi connectivity index (χ4n) is 1.54. The van der Waals surface area contributed by atoms with E-state index < -0.39 is 0 Å². The summed E-state index contributed by atoms with van der Waals surface area (Å²) in [4.78, 5) is 0. The lowest BCUT2D eigenvalue weighted by Gasteiger charge is -1.97. The number of nitrogen functional groups attached to an aromatic ring is 1. The smallest absolute Gasteiger partial charge is 0.136 e. The Morgan fingerprint density at radius 3 is 2.86 bits per heavy atom. The Balaban J connectivity index is 2.68. The Morgan fingerprint density at radius 1 is 1.43 bits per heavy atom. The van der Waals surface area contributed by atoms with Crippen molar-refractivity contribution in [3.05, 3.63) is 24.0 Å². The summed E-state index contributed by atoms with van der Waals surface area (Å²) < 4.78 is 10.7. The Labute approximate surface area is 82.5 Å². The van der Waals surface area contributed by atoms with E-state index in [1.54, 1.807) is 7.11 Å². The van der Waals surface area contributed by atoms with E-state index in [9.17, 15) is 0 Å². The van der Waals surface area contributed by atoms with Crippen LogP contribution in [0, 0.1) is 0 Å². The van der Waals surface area contributed by atoms with Gasteiger partial charge in [-0.05, 0) is 18.2 Å². The van der Waals surface area contributed by atoms with Crippen LogP contribution >= 0.6 is 0 Å². The average Bonchev–Trinajstić information content (AvgIpc) is 2.55. The van der Waals surface area contributed by atoms with Crippen LogP contribution in [0.4, 0.5) is 5.69 Å². The standard InChI is InChI=1S/C11H13NO2/c1-3-9-11(12)8-6-7(13-2)4-5-10(8)14-9/h4-6H,3,12H2,1-2H3. The third kappa shape index (κ3) is 1.21. The van der Waals surface area contributed by atoms with Crippen LogP contribution in [-0.2, 0) is 6.42 Å². The maximum Gasteiger partial charge on any atom is 0.136 e. The molecule has 3 nitrogen and oxygen atoms in total. The third-order valence-corrected chi connectivity index (χ3v) is 2.33. The molecule has 0 radical (unpaired) electrons. The van der Waals surface area contributed by atoms with E-state index in [0.717, 1.165) is 34.6 Å². The number of anilines is 1. The van der Waals surface area contributed by atoms with Gasteiger partial charge in [0.1, 0.15) is 17.1 Å². The van der Waals surface area contributed by atoms with Gasteiger partial charge in [-0.2, -0.15) is 0 Å². The summed E-state index contributed by atoms with van der Waals surface area (Å²) in [7, 11) is 1.64. The SMILES string of the molecule is CCc1oc2ccc(OC)cc2c1N. The maximum absolute atomic E-state index is 5.92. The number of methoxy groups -OCH3 is 1. The quantitative estimate of drug-likeness (QED) is 0.793. The predicted molar refractivity (Wildman–Crippen MR) is 56.6 cm³/mol. The number of furan rings is 1. The van der Waals surface area contributed by atoms with Gasteiger partial charge >= 0.3 is 0 Å². The molecule has 0 aliphatic heterocycles. The zero-order chi connectivity index (χ0) is 10.1. The Hall–Kier alpha value is -1.64. The predicted octanol–water partition coefficient (Wildman–Crippen LogP) is 2.59. The summed E-state index contributed by atoms with van der Waals surface area (Å²) in [6, 6.07) is 5.64. The van der Waals surface area contributed by atoms with Crippen LogP contribution in [0.25, 0.3) is 11.0 Å². The minimum absolute atomic E-state index is 0.724. The fraction of sp³-hybridized carbons (Fsp3) is 0.273. The first-order chi connectivity index (χ1) is 6.76. The highest BCUT2D eigenvalue weighted by Crippen LogP contribution is 2.31. The highest BCUT2D eigenvalue weighted by atomic mass is 16.5. The molecule has 0 spiro atoms. The second-order valence-electron chi connectivity index (χ2n) is 3.15. The molecule has 74 valence electrons. The number of benzene rings is 1. The van der Waals surface area contributed by atoms with Gasteiger partial charge < -0.3 is 14.9 Å². The molecule has 0 saturated heterocycles. The molecule has 3 heteroatoms. The van der Waals surface area contributed by atoms with Crippen LogP contribution in [0.5, 0.6) is 5.75 Å². The Morgan fingerprint density at radius 2 is 2.21 bits per heavy atom. The molecule has 0 bridgehead atoms. The van der Waals surface area contributed by atoms with Crippen molar-refractivity contribution in [2.45, 2.75) is 13.3 Å². The topological polar surface area (TPSA) is 48.4 Å². The Bertz CT molecular complexity index is 460. The van der Waals surface area contributed by atoms with Crippen LogP contribution in [0.1, 0.15) is 12.7 Å². The maximum atomic E-state index is 5.92. The van der Waals surface area contributed by atoms with Gasteiger partial charge in [0.05, 0.1) is 12.8 Å². The minimum Gasteiger partial charge on any atom is -0.497 e. The van der Waals surface area contributed by atoms with Gasteiger partial charge in [0.25, 0.3) is 0 Å². The van der Waals surface area contributed by atoms with Gasteiger partial charge in [-0.15, -0.1) is 0 Å². The first-order valence-electron chi connectivity index (χ1n) is 4.61. The molecule has 2 rings (SSSR count). The summed E-state index contributed by atoms with van der Waals surface area (Å²) in [6.07, 6.45) is 0.808. The first kappa shape index (κ1) is 8.94. The van der Waals surface area contributed by atoms with Crippen molar-refractivity contribution < 1.29 is 9.15 Å². The lowest BCUT2D eigenvalue weighted by molar-refractivity contribution is 0.415. The van der Waals surface area contributed by atoms with Crippen LogP contribution in [0.15, 0.2) is 22.6 Å². The number of ether oxygens (including phenoxy) is 1. The van der Waals surface area contributed by atoms with Crippen LogP contribution in [0.3, 0.4) is 0 Å². The van der Waals surface area contributed by atoms with Crippen molar-refractivity contribution in [3.8, 4) is 5.75 Å². The molecule has 2 N–H and O–H groups in total. The summed E-state index contributed by atoms with van der Waals surface area (Å²) in [5, 5.41) is 0.932. The van der Waals surface area contributed by atoms with E-state index in [1.807, 2.05) is 25.1 Å². The van der Waals surface area contributed by atoms with Crippen molar-refractivity contribution in [3.63, 3.8) is 0 Å². The van der Waals surface area contributed by atoms with Crippen LogP contribution in [-0.4, -0.2) is 7.11 Å². The van der Waals surface area contributed by atoms with Crippen molar-refractivity contribution in [1.29, 1.82) is 0 Å². The molecule has 1 aromatic heterocycles. The molecule has 0 fully saturated rings. The number of nitrogens with two attached hydrogens (primary N) is 1. The van der Waals surface area contributed by atoms with E-state index in [1.165, 1.54) is 0 Å². The van der Waals surface area contributed by atoms with Gasteiger partial charge in [-0.3, -0.25) is 0 Å². The first-order valence-corrected chi connectivity index (χ1v) is 4.61. The molecule has 0 amide bonds. The van der Waals surface area contributed by atoms with E-state index in [0.29, 0.717) is 0 Å². The number of hydrogen-bond acceptors (Lipinski definition) is 3. The van der Waals surface area contributed by atoms with Crippen molar-refractivity contribution in [2.24, 2.45) is 0 Å². The molecule has 1 aromatic carbocycles. The summed E-state index contributed by atoms with van der Waals surface area (Å²) in [5.74, 6) is 1.64. The van der Waals surface area contributed by atoms with E-state index in [-0.39, 0.29) is 0 Å². The minimum atomic E-state index is 0.724. The zero-order valence-corrected chi connectivity index (χ0v) is 8.33. The normalized spacial score (nSPS) is 10.7. The van der Waals surface area contributed by atoms with Gasteiger partial charge in [0.15, 0.2) is 0 Å². The molecule has 1 heterocycles. The second kappa shape index (κ2) is 3.25. The molecule has 0 atom stereocenters. The lowest BCUT2D eigenvalue weighted by atomic mass is 10.2. The largest absolute Gasteiger partial charge is 0.497 e. The highest BCUT2D eigenvalue weighted by molar-refractivity contribution is 5.92. The number of rotatable bonds is 2.